The number of Topliss-reactive ketones (excluding diaryl/α,β-unsaturated/α-hetero) is 1. The first-order valence-electron chi connectivity index (χ1n) is 9.27. The van der Waals surface area contributed by atoms with Gasteiger partial charge in [0.15, 0.2) is 10.9 Å². The van der Waals surface area contributed by atoms with Crippen molar-refractivity contribution < 1.29 is 9.72 Å². The van der Waals surface area contributed by atoms with E-state index < -0.39 is 4.92 Å². The number of nitro groups is 1. The van der Waals surface area contributed by atoms with Gasteiger partial charge in [-0.25, -0.2) is 4.98 Å². The number of non-ortho nitro benzene ring substituents is 1. The molecule has 1 aliphatic rings. The van der Waals surface area contributed by atoms with Crippen molar-refractivity contribution in [1.82, 2.24) is 9.55 Å². The first-order chi connectivity index (χ1) is 13.8. The molecule has 29 heavy (non-hydrogen) atoms. The van der Waals surface area contributed by atoms with Gasteiger partial charge in [-0.2, -0.15) is 0 Å². The standard InChI is InChI=1S/C20H19N3O4S2/c1-11-3-8-14-16(9-11)29-18-17(14)19(25)22(2)20(21-18)28-10-15(24)12-4-6-13(7-5-12)23(26)27/h4-7,11H,3,8-10H2,1-2H3/t11-/m0/s1. The molecule has 0 unspecified atom stereocenters. The van der Waals surface area contributed by atoms with Crippen LogP contribution < -0.4 is 5.56 Å². The predicted octanol–water partition coefficient (Wildman–Crippen LogP) is 4.00. The number of carbonyl (C=O) groups is 1. The van der Waals surface area contributed by atoms with Crippen molar-refractivity contribution in [2.45, 2.75) is 31.3 Å². The second-order valence-corrected chi connectivity index (χ2v) is 9.33. The van der Waals surface area contributed by atoms with Gasteiger partial charge in [0.1, 0.15) is 4.83 Å². The SMILES string of the molecule is C[C@H]1CCc2c(sc3nc(SCC(=O)c4ccc([N+](=O)[O-])cc4)n(C)c(=O)c23)C1. The number of nitrogens with zero attached hydrogens (tertiary/aromatic N) is 3. The highest BCUT2D eigenvalue weighted by atomic mass is 32.2. The van der Waals surface area contributed by atoms with Gasteiger partial charge in [0, 0.05) is 29.6 Å². The second kappa shape index (κ2) is 7.72. The van der Waals surface area contributed by atoms with Crippen molar-refractivity contribution in [2.75, 3.05) is 5.75 Å². The van der Waals surface area contributed by atoms with E-state index in [0.717, 1.165) is 35.0 Å². The molecule has 2 aromatic heterocycles. The molecule has 9 heteroatoms. The quantitative estimate of drug-likeness (QED) is 0.200. The molecule has 150 valence electrons. The zero-order valence-electron chi connectivity index (χ0n) is 16.0. The lowest BCUT2D eigenvalue weighted by molar-refractivity contribution is -0.384. The van der Waals surface area contributed by atoms with Crippen LogP contribution in [0.5, 0.6) is 0 Å². The van der Waals surface area contributed by atoms with Gasteiger partial charge in [-0.3, -0.25) is 24.3 Å². The predicted molar refractivity (Wildman–Crippen MR) is 114 cm³/mol. The smallest absolute Gasteiger partial charge is 0.269 e. The maximum absolute atomic E-state index is 12.9. The van der Waals surface area contributed by atoms with Crippen LogP contribution in [0.4, 0.5) is 5.69 Å². The van der Waals surface area contributed by atoms with Gasteiger partial charge in [0.05, 0.1) is 16.1 Å². The normalized spacial score (nSPS) is 16.0. The summed E-state index contributed by atoms with van der Waals surface area (Å²) in [6, 6.07) is 5.53. The maximum atomic E-state index is 12.9. The highest BCUT2D eigenvalue weighted by molar-refractivity contribution is 7.99. The van der Waals surface area contributed by atoms with Crippen molar-refractivity contribution in [3.8, 4) is 0 Å². The van der Waals surface area contributed by atoms with Crippen molar-refractivity contribution >= 4 is 44.8 Å². The number of aromatic nitrogens is 2. The third kappa shape index (κ3) is 3.72. The number of thiophene rings is 1. The molecular formula is C20H19N3O4S2. The van der Waals surface area contributed by atoms with Crippen molar-refractivity contribution in [2.24, 2.45) is 13.0 Å². The summed E-state index contributed by atoms with van der Waals surface area (Å²) in [4.78, 5) is 42.3. The summed E-state index contributed by atoms with van der Waals surface area (Å²) in [6.07, 6.45) is 2.99. The van der Waals surface area contributed by atoms with E-state index in [-0.39, 0.29) is 22.8 Å². The highest BCUT2D eigenvalue weighted by Gasteiger charge is 2.24. The molecule has 3 aromatic rings. The van der Waals surface area contributed by atoms with Crippen LogP contribution in [0, 0.1) is 16.0 Å². The molecule has 0 radical (unpaired) electrons. The molecule has 1 atom stereocenters. The molecule has 0 amide bonds. The van der Waals surface area contributed by atoms with Crippen molar-refractivity contribution in [3.05, 3.63) is 60.7 Å². The first-order valence-corrected chi connectivity index (χ1v) is 11.1. The minimum atomic E-state index is -0.501. The fourth-order valence-corrected chi connectivity index (χ4v) is 5.85. The number of rotatable bonds is 5. The van der Waals surface area contributed by atoms with Gasteiger partial charge in [-0.15, -0.1) is 11.3 Å². The average molecular weight is 430 g/mol. The van der Waals surface area contributed by atoms with E-state index in [2.05, 4.69) is 11.9 Å². The van der Waals surface area contributed by atoms with Crippen LogP contribution in [0.15, 0.2) is 34.2 Å². The Morgan fingerprint density at radius 1 is 1.38 bits per heavy atom. The molecule has 0 saturated heterocycles. The van der Waals surface area contributed by atoms with E-state index >= 15 is 0 Å². The molecule has 0 saturated carbocycles. The topological polar surface area (TPSA) is 95.1 Å². The molecular weight excluding hydrogens is 410 g/mol. The zero-order chi connectivity index (χ0) is 20.7. The average Bonchev–Trinajstić information content (AvgIpc) is 3.06. The number of fused-ring (bicyclic) bond motifs is 3. The lowest BCUT2D eigenvalue weighted by atomic mass is 9.89. The molecule has 0 bridgehead atoms. The highest BCUT2D eigenvalue weighted by Crippen LogP contribution is 2.36. The lowest BCUT2D eigenvalue weighted by Crippen LogP contribution is -2.21. The number of carbonyl (C=O) groups excluding carboxylic acids is 1. The Morgan fingerprint density at radius 2 is 2.10 bits per heavy atom. The van der Waals surface area contributed by atoms with E-state index in [1.165, 1.54) is 45.5 Å². The maximum Gasteiger partial charge on any atom is 0.269 e. The Bertz CT molecular complexity index is 1180. The Hall–Kier alpha value is -2.52. The molecule has 0 N–H and O–H groups in total. The third-order valence-corrected chi connectivity index (χ3v) is 7.41. The second-order valence-electron chi connectivity index (χ2n) is 7.31. The van der Waals surface area contributed by atoms with Gasteiger partial charge in [-0.05, 0) is 42.9 Å². The molecule has 1 aliphatic carbocycles. The van der Waals surface area contributed by atoms with E-state index in [4.69, 9.17) is 0 Å². The summed E-state index contributed by atoms with van der Waals surface area (Å²) in [5, 5.41) is 12.0. The van der Waals surface area contributed by atoms with Crippen LogP contribution in [0.1, 0.15) is 34.1 Å². The number of nitro benzene ring substituents is 1. The number of hydrogen-bond acceptors (Lipinski definition) is 7. The van der Waals surface area contributed by atoms with Gasteiger partial charge in [0.25, 0.3) is 11.2 Å². The molecule has 2 heterocycles. The van der Waals surface area contributed by atoms with E-state index in [1.54, 1.807) is 18.4 Å². The molecule has 1 aromatic carbocycles. The fourth-order valence-electron chi connectivity index (χ4n) is 3.56. The van der Waals surface area contributed by atoms with Gasteiger partial charge >= 0.3 is 0 Å². The minimum Gasteiger partial charge on any atom is -0.293 e. The van der Waals surface area contributed by atoms with Crippen LogP contribution in [-0.2, 0) is 19.9 Å². The number of aryl methyl sites for hydroxylation is 1. The van der Waals surface area contributed by atoms with Crippen LogP contribution in [-0.4, -0.2) is 26.0 Å². The van der Waals surface area contributed by atoms with E-state index in [9.17, 15) is 19.7 Å². The van der Waals surface area contributed by atoms with Gasteiger partial charge in [0.2, 0.25) is 0 Å². The van der Waals surface area contributed by atoms with E-state index in [1.807, 2.05) is 0 Å². The third-order valence-electron chi connectivity index (χ3n) is 5.23. The molecule has 4 rings (SSSR count). The molecule has 0 aliphatic heterocycles. The van der Waals surface area contributed by atoms with Gasteiger partial charge in [-0.1, -0.05) is 18.7 Å². The monoisotopic (exact) mass is 429 g/mol. The summed E-state index contributed by atoms with van der Waals surface area (Å²) >= 11 is 2.80. The zero-order valence-corrected chi connectivity index (χ0v) is 17.6. The minimum absolute atomic E-state index is 0.0558. The van der Waals surface area contributed by atoms with Gasteiger partial charge < -0.3 is 0 Å². The Balaban J connectivity index is 1.58. The fraction of sp³-hybridized carbons (Fsp3) is 0.350. The van der Waals surface area contributed by atoms with Crippen LogP contribution in [0.3, 0.4) is 0 Å². The van der Waals surface area contributed by atoms with E-state index in [0.29, 0.717) is 16.6 Å². The summed E-state index contributed by atoms with van der Waals surface area (Å²) in [7, 11) is 1.68. The molecule has 7 nitrogen and oxygen atoms in total. The molecule has 0 spiro atoms. The lowest BCUT2D eigenvalue weighted by Gasteiger charge is -2.17. The molecule has 0 fully saturated rings. The summed E-state index contributed by atoms with van der Waals surface area (Å²) in [6.45, 7) is 2.23. The number of hydrogen-bond donors (Lipinski definition) is 0. The Kier molecular flexibility index (Phi) is 5.26. The number of ketones is 1. The van der Waals surface area contributed by atoms with Crippen LogP contribution in [0.2, 0.25) is 0 Å². The summed E-state index contributed by atoms with van der Waals surface area (Å²) in [5.41, 5.74) is 1.43. The Labute approximate surface area is 174 Å². The first kappa shape index (κ1) is 19.8. The van der Waals surface area contributed by atoms with Crippen molar-refractivity contribution in [1.29, 1.82) is 0 Å². The summed E-state index contributed by atoms with van der Waals surface area (Å²) < 4.78 is 1.52. The number of benzene rings is 1. The number of thioether (sulfide) groups is 1. The summed E-state index contributed by atoms with van der Waals surface area (Å²) in [5.74, 6) is 0.553. The van der Waals surface area contributed by atoms with Crippen molar-refractivity contribution in [3.63, 3.8) is 0 Å². The van der Waals surface area contributed by atoms with Crippen LogP contribution >= 0.6 is 23.1 Å². The Morgan fingerprint density at radius 3 is 2.79 bits per heavy atom. The van der Waals surface area contributed by atoms with Crippen LogP contribution in [0.25, 0.3) is 10.2 Å². The largest absolute Gasteiger partial charge is 0.293 e.